The zero-order valence-electron chi connectivity index (χ0n) is 11.3. The molecule has 0 aliphatic carbocycles. The lowest BCUT2D eigenvalue weighted by Crippen LogP contribution is -1.96. The van der Waals surface area contributed by atoms with Crippen LogP contribution in [0.5, 0.6) is 5.75 Å². The van der Waals surface area contributed by atoms with Crippen LogP contribution in [0.25, 0.3) is 0 Å². The van der Waals surface area contributed by atoms with Crippen molar-refractivity contribution in [3.05, 3.63) is 64.7 Å². The van der Waals surface area contributed by atoms with Crippen molar-refractivity contribution in [2.45, 2.75) is 26.9 Å². The zero-order valence-corrected chi connectivity index (χ0v) is 11.3. The molecule has 2 nitrogen and oxygen atoms in total. The maximum absolute atomic E-state index is 8.61. The van der Waals surface area contributed by atoms with Crippen LogP contribution in [0.4, 0.5) is 0 Å². The van der Waals surface area contributed by atoms with E-state index in [0.29, 0.717) is 13.0 Å². The van der Waals surface area contributed by atoms with Gasteiger partial charge in [-0.2, -0.15) is 5.26 Å². The number of nitriles is 1. The molecule has 19 heavy (non-hydrogen) atoms. The quantitative estimate of drug-likeness (QED) is 0.824. The molecule has 0 aliphatic heterocycles. The standard InChI is InChI=1S/C17H17NO/c1-13-9-14(2)11-16(10-13)12-19-17-5-3-15(4-6-17)7-8-18/h3-6,9-11H,7,12H2,1-2H3. The fourth-order valence-electron chi connectivity index (χ4n) is 2.11. The molecule has 0 N–H and O–H groups in total. The summed E-state index contributed by atoms with van der Waals surface area (Å²) in [5.41, 5.74) is 4.70. The van der Waals surface area contributed by atoms with Crippen LogP contribution < -0.4 is 4.74 Å². The maximum Gasteiger partial charge on any atom is 0.119 e. The summed E-state index contributed by atoms with van der Waals surface area (Å²) in [4.78, 5) is 0. The van der Waals surface area contributed by atoms with Crippen LogP contribution in [0.2, 0.25) is 0 Å². The first kappa shape index (κ1) is 13.2. The fourth-order valence-corrected chi connectivity index (χ4v) is 2.11. The summed E-state index contributed by atoms with van der Waals surface area (Å²) < 4.78 is 5.75. The molecule has 0 bridgehead atoms. The molecule has 0 saturated heterocycles. The van der Waals surface area contributed by atoms with Crippen molar-refractivity contribution >= 4 is 0 Å². The third-order valence-corrected chi connectivity index (χ3v) is 2.89. The largest absolute Gasteiger partial charge is 0.489 e. The van der Waals surface area contributed by atoms with Gasteiger partial charge in [-0.25, -0.2) is 0 Å². The molecule has 0 unspecified atom stereocenters. The molecule has 2 aromatic rings. The van der Waals surface area contributed by atoms with Crippen molar-refractivity contribution in [2.75, 3.05) is 0 Å². The van der Waals surface area contributed by atoms with E-state index < -0.39 is 0 Å². The Morgan fingerprint density at radius 2 is 1.58 bits per heavy atom. The van der Waals surface area contributed by atoms with Crippen LogP contribution in [0.15, 0.2) is 42.5 Å². The van der Waals surface area contributed by atoms with E-state index >= 15 is 0 Å². The van der Waals surface area contributed by atoms with Gasteiger partial charge in [-0.3, -0.25) is 0 Å². The highest BCUT2D eigenvalue weighted by molar-refractivity contribution is 5.31. The Morgan fingerprint density at radius 1 is 0.947 bits per heavy atom. The molecule has 0 spiro atoms. The van der Waals surface area contributed by atoms with Gasteiger partial charge in [0.15, 0.2) is 0 Å². The van der Waals surface area contributed by atoms with E-state index in [4.69, 9.17) is 10.00 Å². The molecule has 96 valence electrons. The maximum atomic E-state index is 8.61. The van der Waals surface area contributed by atoms with Gasteiger partial charge >= 0.3 is 0 Å². The molecule has 0 saturated carbocycles. The van der Waals surface area contributed by atoms with E-state index in [2.05, 4.69) is 38.1 Å². The Morgan fingerprint density at radius 3 is 2.16 bits per heavy atom. The highest BCUT2D eigenvalue weighted by Crippen LogP contribution is 2.16. The van der Waals surface area contributed by atoms with Gasteiger partial charge in [0.2, 0.25) is 0 Å². The van der Waals surface area contributed by atoms with Gasteiger partial charge in [-0.1, -0.05) is 41.5 Å². The number of hydrogen-bond donors (Lipinski definition) is 0. The third-order valence-electron chi connectivity index (χ3n) is 2.89. The minimum atomic E-state index is 0.442. The number of nitrogens with zero attached hydrogens (tertiary/aromatic N) is 1. The van der Waals surface area contributed by atoms with Gasteiger partial charge in [-0.15, -0.1) is 0 Å². The molecule has 0 aliphatic rings. The Kier molecular flexibility index (Phi) is 4.20. The van der Waals surface area contributed by atoms with Crippen molar-refractivity contribution in [1.82, 2.24) is 0 Å². The van der Waals surface area contributed by atoms with Gasteiger partial charge in [-0.05, 0) is 37.1 Å². The summed E-state index contributed by atoms with van der Waals surface area (Å²) in [5.74, 6) is 0.834. The average Bonchev–Trinajstić information content (AvgIpc) is 2.37. The van der Waals surface area contributed by atoms with E-state index in [1.54, 1.807) is 0 Å². The molecule has 2 rings (SSSR count). The van der Waals surface area contributed by atoms with Crippen molar-refractivity contribution in [1.29, 1.82) is 5.26 Å². The monoisotopic (exact) mass is 251 g/mol. The number of benzene rings is 2. The summed E-state index contributed by atoms with van der Waals surface area (Å²) in [5, 5.41) is 8.61. The SMILES string of the molecule is Cc1cc(C)cc(COc2ccc(CC#N)cc2)c1. The van der Waals surface area contributed by atoms with E-state index in [1.165, 1.54) is 16.7 Å². The number of rotatable bonds is 4. The molecule has 0 fully saturated rings. The topological polar surface area (TPSA) is 33.0 Å². The molecule has 0 atom stereocenters. The second-order valence-corrected chi connectivity index (χ2v) is 4.76. The van der Waals surface area contributed by atoms with E-state index in [1.807, 2.05) is 24.3 Å². The lowest BCUT2D eigenvalue weighted by atomic mass is 10.1. The van der Waals surface area contributed by atoms with Crippen LogP contribution in [-0.2, 0) is 13.0 Å². The third kappa shape index (κ3) is 3.86. The molecule has 0 amide bonds. The van der Waals surface area contributed by atoms with Gasteiger partial charge < -0.3 is 4.74 Å². The Labute approximate surface area is 114 Å². The highest BCUT2D eigenvalue weighted by atomic mass is 16.5. The average molecular weight is 251 g/mol. The minimum absolute atomic E-state index is 0.442. The van der Waals surface area contributed by atoms with Gasteiger partial charge in [0.1, 0.15) is 12.4 Å². The predicted molar refractivity (Wildman–Crippen MR) is 76.0 cm³/mol. The minimum Gasteiger partial charge on any atom is -0.489 e. The van der Waals surface area contributed by atoms with Crippen molar-refractivity contribution < 1.29 is 4.74 Å². The van der Waals surface area contributed by atoms with Crippen LogP contribution in [0.1, 0.15) is 22.3 Å². The molecule has 0 radical (unpaired) electrons. The van der Waals surface area contributed by atoms with Gasteiger partial charge in [0, 0.05) is 0 Å². The normalized spacial score (nSPS) is 9.95. The summed E-state index contributed by atoms with van der Waals surface area (Å²) in [6.45, 7) is 4.75. The molecular formula is C17H17NO. The lowest BCUT2D eigenvalue weighted by Gasteiger charge is -2.08. The Balaban J connectivity index is 2.00. The highest BCUT2D eigenvalue weighted by Gasteiger charge is 1.99. The number of aryl methyl sites for hydroxylation is 2. The van der Waals surface area contributed by atoms with Crippen LogP contribution in [0.3, 0.4) is 0 Å². The summed E-state index contributed by atoms with van der Waals surface area (Å²) in [6, 6.07) is 16.2. The molecular weight excluding hydrogens is 234 g/mol. The first-order chi connectivity index (χ1) is 9.17. The van der Waals surface area contributed by atoms with Crippen molar-refractivity contribution in [3.8, 4) is 11.8 Å². The van der Waals surface area contributed by atoms with E-state index in [9.17, 15) is 0 Å². The molecule has 2 heteroatoms. The first-order valence-electron chi connectivity index (χ1n) is 6.33. The van der Waals surface area contributed by atoms with Gasteiger partial charge in [0.05, 0.1) is 12.5 Å². The molecule has 2 aromatic carbocycles. The second-order valence-electron chi connectivity index (χ2n) is 4.76. The van der Waals surface area contributed by atoms with Crippen LogP contribution in [0, 0.1) is 25.2 Å². The van der Waals surface area contributed by atoms with Crippen molar-refractivity contribution in [3.63, 3.8) is 0 Å². The zero-order chi connectivity index (χ0) is 13.7. The first-order valence-corrected chi connectivity index (χ1v) is 6.33. The molecule has 0 aromatic heterocycles. The summed E-state index contributed by atoms with van der Waals surface area (Å²) in [6.07, 6.45) is 0.442. The smallest absolute Gasteiger partial charge is 0.119 e. The summed E-state index contributed by atoms with van der Waals surface area (Å²) >= 11 is 0. The van der Waals surface area contributed by atoms with Gasteiger partial charge in [0.25, 0.3) is 0 Å². The van der Waals surface area contributed by atoms with Crippen molar-refractivity contribution in [2.24, 2.45) is 0 Å². The lowest BCUT2D eigenvalue weighted by molar-refractivity contribution is 0.306. The van der Waals surface area contributed by atoms with E-state index in [-0.39, 0.29) is 0 Å². The number of hydrogen-bond acceptors (Lipinski definition) is 2. The molecule has 0 heterocycles. The van der Waals surface area contributed by atoms with Crippen LogP contribution in [-0.4, -0.2) is 0 Å². The number of ether oxygens (including phenoxy) is 1. The predicted octanol–water partition coefficient (Wildman–Crippen LogP) is 3.95. The Bertz CT molecular complexity index is 573. The fraction of sp³-hybridized carbons (Fsp3) is 0.235. The Hall–Kier alpha value is -2.27. The summed E-state index contributed by atoms with van der Waals surface area (Å²) in [7, 11) is 0. The van der Waals surface area contributed by atoms with Crippen LogP contribution >= 0.6 is 0 Å². The second kappa shape index (κ2) is 6.06. The van der Waals surface area contributed by atoms with E-state index in [0.717, 1.165) is 11.3 Å².